The zero-order valence-electron chi connectivity index (χ0n) is 17.4. The standard InChI is InChI=1S/C24H18ClN3O3S2/c1-28-14-17-10-15(2-7-21(17)24(28)29)22-8-9-23(32-22)16-11-19(13-26-12-16)27-33(30,31)20-5-3-18(25)4-6-20/h2-13,27H,14H2,1H3. The number of benzene rings is 2. The molecule has 33 heavy (non-hydrogen) atoms. The van der Waals surface area contributed by atoms with Gasteiger partial charge in [-0.1, -0.05) is 17.7 Å². The van der Waals surface area contributed by atoms with Crippen molar-refractivity contribution in [2.24, 2.45) is 0 Å². The molecule has 0 unspecified atom stereocenters. The molecule has 0 aliphatic carbocycles. The highest BCUT2D eigenvalue weighted by atomic mass is 35.5. The van der Waals surface area contributed by atoms with E-state index in [2.05, 4.69) is 15.8 Å². The third-order valence-corrected chi connectivity index (χ3v) is 8.21. The van der Waals surface area contributed by atoms with Crippen molar-refractivity contribution in [3.05, 3.63) is 89.2 Å². The smallest absolute Gasteiger partial charge is 0.261 e. The number of carbonyl (C=O) groups is 1. The van der Waals surface area contributed by atoms with Gasteiger partial charge in [-0.2, -0.15) is 0 Å². The Bertz CT molecular complexity index is 1480. The van der Waals surface area contributed by atoms with Crippen molar-refractivity contribution in [1.82, 2.24) is 9.88 Å². The molecule has 0 atom stereocenters. The zero-order valence-corrected chi connectivity index (χ0v) is 19.8. The quantitative estimate of drug-likeness (QED) is 0.395. The number of anilines is 1. The highest BCUT2D eigenvalue weighted by molar-refractivity contribution is 7.92. The molecule has 0 saturated heterocycles. The molecule has 2 aromatic heterocycles. The zero-order chi connectivity index (χ0) is 23.2. The Morgan fingerprint density at radius 3 is 2.45 bits per heavy atom. The van der Waals surface area contributed by atoms with Gasteiger partial charge in [0.2, 0.25) is 0 Å². The Labute approximate surface area is 200 Å². The number of nitrogens with one attached hydrogen (secondary N) is 1. The first-order chi connectivity index (χ1) is 15.8. The Morgan fingerprint density at radius 1 is 0.970 bits per heavy atom. The maximum Gasteiger partial charge on any atom is 0.261 e. The van der Waals surface area contributed by atoms with Crippen molar-refractivity contribution in [3.8, 4) is 20.9 Å². The summed E-state index contributed by atoms with van der Waals surface area (Å²) in [5.41, 5.74) is 3.99. The fraction of sp³-hybridized carbons (Fsp3) is 0.0833. The van der Waals surface area contributed by atoms with Gasteiger partial charge in [-0.15, -0.1) is 11.3 Å². The minimum absolute atomic E-state index is 0.0485. The number of sulfonamides is 1. The normalized spacial score (nSPS) is 13.3. The number of pyridine rings is 1. The molecule has 0 bridgehead atoms. The van der Waals surface area contributed by atoms with Crippen LogP contribution in [0.2, 0.25) is 5.02 Å². The van der Waals surface area contributed by atoms with E-state index in [4.69, 9.17) is 11.6 Å². The summed E-state index contributed by atoms with van der Waals surface area (Å²) < 4.78 is 27.9. The van der Waals surface area contributed by atoms with Gasteiger partial charge in [-0.25, -0.2) is 8.42 Å². The first-order valence-corrected chi connectivity index (χ1v) is 12.7. The summed E-state index contributed by atoms with van der Waals surface area (Å²) in [6.45, 7) is 0.611. The topological polar surface area (TPSA) is 79.4 Å². The lowest BCUT2D eigenvalue weighted by molar-refractivity contribution is 0.0816. The van der Waals surface area contributed by atoms with Crippen molar-refractivity contribution in [3.63, 3.8) is 0 Å². The lowest BCUT2D eigenvalue weighted by Gasteiger charge is -2.09. The highest BCUT2D eigenvalue weighted by Crippen LogP contribution is 2.36. The number of carbonyl (C=O) groups excluding carboxylic acids is 1. The van der Waals surface area contributed by atoms with E-state index in [1.807, 2.05) is 24.3 Å². The molecule has 0 saturated carbocycles. The first-order valence-electron chi connectivity index (χ1n) is 10.0. The van der Waals surface area contributed by atoms with E-state index < -0.39 is 10.0 Å². The van der Waals surface area contributed by atoms with Gasteiger partial charge >= 0.3 is 0 Å². The van der Waals surface area contributed by atoms with Crippen LogP contribution in [-0.4, -0.2) is 31.3 Å². The molecule has 6 nitrogen and oxygen atoms in total. The highest BCUT2D eigenvalue weighted by Gasteiger charge is 2.24. The van der Waals surface area contributed by atoms with E-state index in [0.29, 0.717) is 17.3 Å². The predicted molar refractivity (Wildman–Crippen MR) is 131 cm³/mol. The average Bonchev–Trinajstić information content (AvgIpc) is 3.39. The second kappa shape index (κ2) is 8.30. The number of nitrogens with zero attached hydrogens (tertiary/aromatic N) is 2. The van der Waals surface area contributed by atoms with Crippen LogP contribution in [0, 0.1) is 0 Å². The molecule has 5 rings (SSSR count). The van der Waals surface area contributed by atoms with E-state index >= 15 is 0 Å². The molecule has 166 valence electrons. The number of amides is 1. The molecule has 3 heterocycles. The molecule has 9 heteroatoms. The maximum atomic E-state index is 12.7. The van der Waals surface area contributed by atoms with E-state index in [1.165, 1.54) is 30.5 Å². The van der Waals surface area contributed by atoms with Crippen LogP contribution in [0.15, 0.2) is 78.0 Å². The van der Waals surface area contributed by atoms with Gasteiger partial charge in [0, 0.05) is 45.7 Å². The van der Waals surface area contributed by atoms with Gasteiger partial charge in [-0.3, -0.25) is 14.5 Å². The molecule has 1 amide bonds. The van der Waals surface area contributed by atoms with Gasteiger partial charge in [0.15, 0.2) is 0 Å². The number of hydrogen-bond donors (Lipinski definition) is 1. The second-order valence-electron chi connectivity index (χ2n) is 7.72. The fourth-order valence-corrected chi connectivity index (χ4v) is 5.87. The largest absolute Gasteiger partial charge is 0.337 e. The summed E-state index contributed by atoms with van der Waals surface area (Å²) in [7, 11) is -1.96. The van der Waals surface area contributed by atoms with Crippen LogP contribution >= 0.6 is 22.9 Å². The van der Waals surface area contributed by atoms with E-state index in [9.17, 15) is 13.2 Å². The third-order valence-electron chi connectivity index (χ3n) is 5.38. The third kappa shape index (κ3) is 4.25. The van der Waals surface area contributed by atoms with Crippen LogP contribution in [0.1, 0.15) is 15.9 Å². The van der Waals surface area contributed by atoms with Gasteiger partial charge in [0.05, 0.1) is 16.8 Å². The maximum absolute atomic E-state index is 12.7. The molecule has 4 aromatic rings. The minimum atomic E-state index is -3.76. The average molecular weight is 496 g/mol. The Balaban J connectivity index is 1.40. The molecular formula is C24H18ClN3O3S2. The molecule has 0 radical (unpaired) electrons. The lowest BCUT2D eigenvalue weighted by Crippen LogP contribution is -2.17. The summed E-state index contributed by atoms with van der Waals surface area (Å²) >= 11 is 7.44. The van der Waals surface area contributed by atoms with Gasteiger partial charge in [-0.05, 0) is 65.7 Å². The molecule has 1 N–H and O–H groups in total. The Morgan fingerprint density at radius 2 is 1.70 bits per heavy atom. The SMILES string of the molecule is CN1Cc2cc(-c3ccc(-c4cncc(NS(=O)(=O)c5ccc(Cl)cc5)c4)s3)ccc2C1=O. The molecule has 0 fully saturated rings. The van der Waals surface area contributed by atoms with Crippen LogP contribution in [0.5, 0.6) is 0 Å². The van der Waals surface area contributed by atoms with Crippen molar-refractivity contribution >= 4 is 44.6 Å². The number of thiophene rings is 1. The van der Waals surface area contributed by atoms with E-state index in [1.54, 1.807) is 35.5 Å². The minimum Gasteiger partial charge on any atom is -0.337 e. The predicted octanol–water partition coefficient (Wildman–Crippen LogP) is 5.52. The molecule has 1 aliphatic heterocycles. The van der Waals surface area contributed by atoms with Gasteiger partial charge < -0.3 is 4.90 Å². The summed E-state index contributed by atoms with van der Waals surface area (Å²) in [6, 6.07) is 17.6. The molecule has 1 aliphatic rings. The summed E-state index contributed by atoms with van der Waals surface area (Å²) in [6.07, 6.45) is 3.17. The van der Waals surface area contributed by atoms with Crippen LogP contribution in [0.3, 0.4) is 0 Å². The number of aromatic nitrogens is 1. The summed E-state index contributed by atoms with van der Waals surface area (Å²) in [5.74, 6) is 0.0485. The molecular weight excluding hydrogens is 478 g/mol. The number of rotatable bonds is 5. The number of halogens is 1. The van der Waals surface area contributed by atoms with Crippen LogP contribution in [0.25, 0.3) is 20.9 Å². The van der Waals surface area contributed by atoms with Crippen molar-refractivity contribution in [2.45, 2.75) is 11.4 Å². The van der Waals surface area contributed by atoms with Crippen LogP contribution < -0.4 is 4.72 Å². The van der Waals surface area contributed by atoms with Crippen molar-refractivity contribution in [2.75, 3.05) is 11.8 Å². The van der Waals surface area contributed by atoms with Crippen LogP contribution in [-0.2, 0) is 16.6 Å². The fourth-order valence-electron chi connectivity index (χ4n) is 3.73. The summed E-state index contributed by atoms with van der Waals surface area (Å²) in [4.78, 5) is 20.2. The second-order valence-corrected chi connectivity index (χ2v) is 10.9. The van der Waals surface area contributed by atoms with E-state index in [-0.39, 0.29) is 10.8 Å². The number of fused-ring (bicyclic) bond motifs is 1. The van der Waals surface area contributed by atoms with E-state index in [0.717, 1.165) is 32.0 Å². The summed E-state index contributed by atoms with van der Waals surface area (Å²) in [5, 5.41) is 0.466. The van der Waals surface area contributed by atoms with Crippen molar-refractivity contribution in [1.29, 1.82) is 0 Å². The van der Waals surface area contributed by atoms with Crippen LogP contribution in [0.4, 0.5) is 5.69 Å². The number of hydrogen-bond acceptors (Lipinski definition) is 5. The first kappa shape index (κ1) is 21.6. The van der Waals surface area contributed by atoms with Gasteiger partial charge in [0.25, 0.3) is 15.9 Å². The monoisotopic (exact) mass is 495 g/mol. The molecule has 2 aromatic carbocycles. The van der Waals surface area contributed by atoms with Gasteiger partial charge in [0.1, 0.15) is 0 Å². The van der Waals surface area contributed by atoms with Crippen molar-refractivity contribution < 1.29 is 13.2 Å². The Kier molecular flexibility index (Phi) is 5.44. The lowest BCUT2D eigenvalue weighted by atomic mass is 10.1. The Hall–Kier alpha value is -3.20. The molecule has 0 spiro atoms.